The summed E-state index contributed by atoms with van der Waals surface area (Å²) >= 11 is 0. The van der Waals surface area contributed by atoms with Gasteiger partial charge in [0, 0.05) is 18.7 Å². The van der Waals surface area contributed by atoms with Crippen molar-refractivity contribution in [3.8, 4) is 0 Å². The molecule has 31 heavy (non-hydrogen) atoms. The van der Waals surface area contributed by atoms with Gasteiger partial charge in [-0.05, 0) is 37.6 Å². The van der Waals surface area contributed by atoms with Crippen LogP contribution in [0.4, 0.5) is 24.5 Å². The van der Waals surface area contributed by atoms with E-state index in [1.807, 2.05) is 32.0 Å². The Bertz CT molecular complexity index is 1020. The fourth-order valence-corrected chi connectivity index (χ4v) is 3.49. The number of alkyl halides is 3. The normalized spacial score (nSPS) is 16.4. The Morgan fingerprint density at radius 1 is 1.16 bits per heavy atom. The molecule has 0 bridgehead atoms. The summed E-state index contributed by atoms with van der Waals surface area (Å²) < 4.78 is 44.0. The molecule has 6 nitrogen and oxygen atoms in total. The van der Waals surface area contributed by atoms with Crippen LogP contribution in [0.5, 0.6) is 0 Å². The van der Waals surface area contributed by atoms with Crippen molar-refractivity contribution in [3.63, 3.8) is 0 Å². The van der Waals surface area contributed by atoms with Gasteiger partial charge in [-0.25, -0.2) is 0 Å². The average molecular weight is 434 g/mol. The van der Waals surface area contributed by atoms with Crippen molar-refractivity contribution in [2.75, 3.05) is 23.4 Å². The smallest absolute Gasteiger partial charge is 0.418 e. The highest BCUT2D eigenvalue weighted by Gasteiger charge is 2.37. The first kappa shape index (κ1) is 22.3. The van der Waals surface area contributed by atoms with E-state index in [-0.39, 0.29) is 18.9 Å². The summed E-state index contributed by atoms with van der Waals surface area (Å²) in [5.41, 5.74) is 1.22. The maximum Gasteiger partial charge on any atom is 0.418 e. The summed E-state index contributed by atoms with van der Waals surface area (Å²) in [4.78, 5) is 38.2. The summed E-state index contributed by atoms with van der Waals surface area (Å²) in [6.07, 6.45) is -4.70. The van der Waals surface area contributed by atoms with Gasteiger partial charge in [-0.1, -0.05) is 29.8 Å². The van der Waals surface area contributed by atoms with Crippen molar-refractivity contribution >= 4 is 29.2 Å². The Balaban J connectivity index is 1.58. The van der Waals surface area contributed by atoms with Gasteiger partial charge in [-0.3, -0.25) is 14.4 Å². The number of rotatable bonds is 5. The molecular weight excluding hydrogens is 413 g/mol. The number of halogens is 3. The molecule has 0 aliphatic carbocycles. The van der Waals surface area contributed by atoms with E-state index in [0.717, 1.165) is 23.3 Å². The highest BCUT2D eigenvalue weighted by atomic mass is 19.4. The third-order valence-electron chi connectivity index (χ3n) is 4.95. The van der Waals surface area contributed by atoms with Crippen LogP contribution in [-0.4, -0.2) is 30.9 Å². The van der Waals surface area contributed by atoms with E-state index in [4.69, 9.17) is 4.74 Å². The van der Waals surface area contributed by atoms with Crippen LogP contribution >= 0.6 is 0 Å². The van der Waals surface area contributed by atoms with E-state index in [2.05, 4.69) is 5.32 Å². The van der Waals surface area contributed by atoms with Crippen LogP contribution in [0.15, 0.2) is 42.5 Å². The van der Waals surface area contributed by atoms with Gasteiger partial charge < -0.3 is 15.0 Å². The summed E-state index contributed by atoms with van der Waals surface area (Å²) in [5, 5.41) is 2.11. The lowest BCUT2D eigenvalue weighted by molar-refractivity contribution is -0.151. The second kappa shape index (κ2) is 8.79. The second-order valence-electron chi connectivity index (χ2n) is 7.39. The van der Waals surface area contributed by atoms with Crippen LogP contribution in [-0.2, 0) is 25.3 Å². The Morgan fingerprint density at radius 3 is 2.55 bits per heavy atom. The second-order valence-corrected chi connectivity index (χ2v) is 7.39. The molecule has 0 saturated carbocycles. The van der Waals surface area contributed by atoms with E-state index in [9.17, 15) is 27.6 Å². The van der Waals surface area contributed by atoms with Crippen LogP contribution in [0, 0.1) is 19.8 Å². The number of anilines is 2. The molecule has 1 aliphatic heterocycles. The standard InChI is InChI=1S/C22H21F3N2O4/c1-13-7-8-18(14(2)9-13)27-11-15(10-20(27)29)21(30)31-12-19(28)26-17-6-4-3-5-16(17)22(23,24)25/h3-9,15H,10-12H2,1-2H3,(H,26,28)/t15-/m0/s1. The van der Waals surface area contributed by atoms with Crippen molar-refractivity contribution in [2.24, 2.45) is 5.92 Å². The molecule has 0 spiro atoms. The average Bonchev–Trinajstić information content (AvgIpc) is 3.07. The Morgan fingerprint density at radius 2 is 1.87 bits per heavy atom. The molecule has 2 amide bonds. The van der Waals surface area contributed by atoms with Gasteiger partial charge in [-0.2, -0.15) is 13.2 Å². The molecule has 1 N–H and O–H groups in total. The number of nitrogens with one attached hydrogen (secondary N) is 1. The number of hydrogen-bond acceptors (Lipinski definition) is 4. The number of ether oxygens (including phenoxy) is 1. The fraction of sp³-hybridized carbons (Fsp3) is 0.318. The van der Waals surface area contributed by atoms with Crippen LogP contribution in [0.1, 0.15) is 23.1 Å². The predicted molar refractivity (Wildman–Crippen MR) is 107 cm³/mol. The number of carbonyl (C=O) groups is 3. The number of hydrogen-bond donors (Lipinski definition) is 1. The molecule has 1 aliphatic rings. The molecule has 2 aromatic carbocycles. The van der Waals surface area contributed by atoms with Gasteiger partial charge in [0.25, 0.3) is 5.91 Å². The molecule has 0 aromatic heterocycles. The minimum atomic E-state index is -4.64. The number of amides is 2. The highest BCUT2D eigenvalue weighted by Crippen LogP contribution is 2.34. The maximum absolute atomic E-state index is 13.0. The van der Waals surface area contributed by atoms with Crippen molar-refractivity contribution < 1.29 is 32.3 Å². The predicted octanol–water partition coefficient (Wildman–Crippen LogP) is 3.86. The van der Waals surface area contributed by atoms with Crippen LogP contribution in [0.25, 0.3) is 0 Å². The van der Waals surface area contributed by atoms with Crippen LogP contribution in [0.2, 0.25) is 0 Å². The van der Waals surface area contributed by atoms with Crippen LogP contribution in [0.3, 0.4) is 0 Å². The molecule has 1 heterocycles. The quantitative estimate of drug-likeness (QED) is 0.726. The number of aryl methyl sites for hydroxylation is 2. The lowest BCUT2D eigenvalue weighted by atomic mass is 10.1. The fourth-order valence-electron chi connectivity index (χ4n) is 3.49. The highest BCUT2D eigenvalue weighted by molar-refractivity contribution is 6.00. The molecule has 1 fully saturated rings. The molecule has 2 aromatic rings. The molecule has 164 valence electrons. The molecule has 0 unspecified atom stereocenters. The number of esters is 1. The molecule has 3 rings (SSSR count). The summed E-state index contributed by atoms with van der Waals surface area (Å²) in [5.74, 6) is -2.65. The van der Waals surface area contributed by atoms with Gasteiger partial charge in [0.05, 0.1) is 17.2 Å². The van der Waals surface area contributed by atoms with Gasteiger partial charge in [0.15, 0.2) is 6.61 Å². The number of benzene rings is 2. The van der Waals surface area contributed by atoms with Crippen molar-refractivity contribution in [2.45, 2.75) is 26.4 Å². The SMILES string of the molecule is Cc1ccc(N2C[C@@H](C(=O)OCC(=O)Nc3ccccc3C(F)(F)F)CC2=O)c(C)c1. The zero-order valence-corrected chi connectivity index (χ0v) is 17.0. The van der Waals surface area contributed by atoms with E-state index in [1.54, 1.807) is 0 Å². The topological polar surface area (TPSA) is 75.7 Å². The van der Waals surface area contributed by atoms with E-state index >= 15 is 0 Å². The van der Waals surface area contributed by atoms with Gasteiger partial charge in [0.1, 0.15) is 0 Å². The Hall–Kier alpha value is -3.36. The van der Waals surface area contributed by atoms with E-state index in [0.29, 0.717) is 5.69 Å². The molecule has 0 radical (unpaired) electrons. The summed E-state index contributed by atoms with van der Waals surface area (Å²) in [6, 6.07) is 10.1. The lowest BCUT2D eigenvalue weighted by Gasteiger charge is -2.19. The van der Waals surface area contributed by atoms with Crippen molar-refractivity contribution in [1.82, 2.24) is 0 Å². The number of carbonyl (C=O) groups excluding carboxylic acids is 3. The minimum Gasteiger partial charge on any atom is -0.455 e. The Labute approximate surface area is 177 Å². The van der Waals surface area contributed by atoms with Gasteiger partial charge in [-0.15, -0.1) is 0 Å². The third-order valence-corrected chi connectivity index (χ3v) is 4.95. The first-order chi connectivity index (χ1) is 14.6. The van der Waals surface area contributed by atoms with Crippen molar-refractivity contribution in [3.05, 3.63) is 59.2 Å². The lowest BCUT2D eigenvalue weighted by Crippen LogP contribution is -2.28. The molecule has 1 saturated heterocycles. The van der Waals surface area contributed by atoms with E-state index in [1.165, 1.54) is 17.0 Å². The molecular formula is C22H21F3N2O4. The largest absolute Gasteiger partial charge is 0.455 e. The number of nitrogens with zero attached hydrogens (tertiary/aromatic N) is 1. The molecule has 9 heteroatoms. The zero-order valence-electron chi connectivity index (χ0n) is 17.0. The first-order valence-electron chi connectivity index (χ1n) is 9.56. The summed E-state index contributed by atoms with van der Waals surface area (Å²) in [7, 11) is 0. The third kappa shape index (κ3) is 5.22. The first-order valence-corrected chi connectivity index (χ1v) is 9.56. The van der Waals surface area contributed by atoms with Crippen LogP contribution < -0.4 is 10.2 Å². The Kier molecular flexibility index (Phi) is 6.33. The summed E-state index contributed by atoms with van der Waals surface area (Å²) in [6.45, 7) is 3.16. The van der Waals surface area contributed by atoms with Gasteiger partial charge >= 0.3 is 12.1 Å². The minimum absolute atomic E-state index is 0.0648. The maximum atomic E-state index is 13.0. The van der Waals surface area contributed by atoms with E-state index < -0.39 is 41.8 Å². The number of para-hydroxylation sites is 1. The molecule has 1 atom stereocenters. The zero-order chi connectivity index (χ0) is 22.8. The van der Waals surface area contributed by atoms with Gasteiger partial charge in [0.2, 0.25) is 5.91 Å². The monoisotopic (exact) mass is 434 g/mol. The van der Waals surface area contributed by atoms with Crippen molar-refractivity contribution in [1.29, 1.82) is 0 Å².